The zero-order valence-corrected chi connectivity index (χ0v) is 24.2. The second kappa shape index (κ2) is 9.97. The van der Waals surface area contributed by atoms with Gasteiger partial charge in [-0.2, -0.15) is 0 Å². The molecule has 37 heavy (non-hydrogen) atoms. The summed E-state index contributed by atoms with van der Waals surface area (Å²) < 4.78 is 6.51. The van der Waals surface area contributed by atoms with Crippen LogP contribution in [0, 0.1) is 17.3 Å². The minimum atomic E-state index is -1.15. The Kier molecular flexibility index (Phi) is 7.56. The van der Waals surface area contributed by atoms with Crippen LogP contribution in [0.2, 0.25) is 0 Å². The van der Waals surface area contributed by atoms with Gasteiger partial charge in [0.05, 0.1) is 30.6 Å². The molecule has 204 valence electrons. The van der Waals surface area contributed by atoms with Gasteiger partial charge in [0.1, 0.15) is 11.6 Å². The monoisotopic (exact) mass is 577 g/mol. The van der Waals surface area contributed by atoms with Crippen molar-refractivity contribution in [2.24, 2.45) is 17.3 Å². The molecular formula is C28H40BrN3O5. The van der Waals surface area contributed by atoms with Gasteiger partial charge < -0.3 is 25.4 Å². The number of ether oxygens (including phenoxy) is 1. The highest BCUT2D eigenvalue weighted by Gasteiger charge is 2.77. The Hall–Kier alpha value is -1.97. The Morgan fingerprint density at radius 3 is 2.41 bits per heavy atom. The second-order valence-corrected chi connectivity index (χ2v) is 13.8. The van der Waals surface area contributed by atoms with Crippen LogP contribution in [0.5, 0.6) is 0 Å². The molecule has 7 atom stereocenters. The Morgan fingerprint density at radius 1 is 1.19 bits per heavy atom. The lowest BCUT2D eigenvalue weighted by molar-refractivity contribution is -0.146. The van der Waals surface area contributed by atoms with Gasteiger partial charge in [-0.1, -0.05) is 67.0 Å². The molecule has 0 saturated carbocycles. The summed E-state index contributed by atoms with van der Waals surface area (Å²) in [7, 11) is 1.55. The van der Waals surface area contributed by atoms with E-state index in [1.807, 2.05) is 44.2 Å². The number of hydrogen-bond acceptors (Lipinski definition) is 5. The predicted molar refractivity (Wildman–Crippen MR) is 144 cm³/mol. The number of hydrogen-bond donors (Lipinski definition) is 3. The second-order valence-electron chi connectivity index (χ2n) is 12.7. The summed E-state index contributed by atoms with van der Waals surface area (Å²) in [5.41, 5.74) is -0.781. The van der Waals surface area contributed by atoms with E-state index in [-0.39, 0.29) is 34.6 Å². The van der Waals surface area contributed by atoms with Gasteiger partial charge in [0.25, 0.3) is 0 Å². The molecule has 1 aromatic rings. The molecule has 4 rings (SSSR count). The molecule has 3 N–H and O–H groups in total. The van der Waals surface area contributed by atoms with Gasteiger partial charge in [-0.05, 0) is 44.1 Å². The molecule has 3 aliphatic heterocycles. The fourth-order valence-electron chi connectivity index (χ4n) is 7.14. The zero-order chi connectivity index (χ0) is 27.3. The topological polar surface area (TPSA) is 108 Å². The van der Waals surface area contributed by atoms with E-state index in [1.165, 1.54) is 4.90 Å². The Bertz CT molecular complexity index is 1040. The van der Waals surface area contributed by atoms with Crippen LogP contribution in [0.4, 0.5) is 0 Å². The summed E-state index contributed by atoms with van der Waals surface area (Å²) in [5.74, 6) is -2.40. The molecule has 3 saturated heterocycles. The van der Waals surface area contributed by atoms with Gasteiger partial charge in [-0.15, -0.1) is 0 Å². The zero-order valence-electron chi connectivity index (χ0n) is 22.6. The van der Waals surface area contributed by atoms with Crippen molar-refractivity contribution >= 4 is 33.7 Å². The molecule has 0 radical (unpaired) electrons. The third-order valence-corrected chi connectivity index (χ3v) is 8.72. The number of amides is 3. The first-order valence-electron chi connectivity index (χ1n) is 13.1. The SMILES string of the molecule is CNC(=O)[C@H]1[C@H]2C(=O)N([C@@H](CO)Cc3ccccc3)C(C(=O)NC(C)(C)CC(C)(C)C)C23CC(Br)[C@@H]1O3. The van der Waals surface area contributed by atoms with Crippen LogP contribution in [0.25, 0.3) is 0 Å². The lowest BCUT2D eigenvalue weighted by Gasteiger charge is -2.40. The van der Waals surface area contributed by atoms with E-state index in [4.69, 9.17) is 4.74 Å². The number of nitrogens with one attached hydrogen (secondary N) is 2. The van der Waals surface area contributed by atoms with Gasteiger partial charge in [-0.3, -0.25) is 14.4 Å². The molecule has 3 amide bonds. The lowest BCUT2D eigenvalue weighted by Crippen LogP contribution is -2.61. The summed E-state index contributed by atoms with van der Waals surface area (Å²) in [6.07, 6.45) is 1.03. The van der Waals surface area contributed by atoms with Crippen LogP contribution in [-0.2, 0) is 25.5 Å². The number of alkyl halides is 1. The van der Waals surface area contributed by atoms with E-state index in [2.05, 4.69) is 47.3 Å². The lowest BCUT2D eigenvalue weighted by atomic mass is 9.70. The van der Waals surface area contributed by atoms with Crippen LogP contribution >= 0.6 is 15.9 Å². The Labute approximate surface area is 228 Å². The maximum absolute atomic E-state index is 14.2. The largest absolute Gasteiger partial charge is 0.394 e. The van der Waals surface area contributed by atoms with Crippen LogP contribution in [0.1, 0.15) is 53.0 Å². The highest BCUT2D eigenvalue weighted by atomic mass is 79.9. The molecule has 2 bridgehead atoms. The first kappa shape index (κ1) is 28.0. The van der Waals surface area contributed by atoms with Gasteiger partial charge >= 0.3 is 0 Å². The summed E-state index contributed by atoms with van der Waals surface area (Å²) in [5, 5.41) is 16.4. The average molecular weight is 579 g/mol. The van der Waals surface area contributed by atoms with Gasteiger partial charge in [0.15, 0.2) is 0 Å². The molecule has 3 aliphatic rings. The number of nitrogens with zero attached hydrogens (tertiary/aromatic N) is 1. The fraction of sp³-hybridized carbons (Fsp3) is 0.679. The smallest absolute Gasteiger partial charge is 0.246 e. The minimum absolute atomic E-state index is 0.0305. The van der Waals surface area contributed by atoms with Crippen LogP contribution in [-0.4, -0.2) is 75.5 Å². The molecule has 3 unspecified atom stereocenters. The number of carbonyl (C=O) groups is 3. The van der Waals surface area contributed by atoms with E-state index in [0.29, 0.717) is 12.8 Å². The van der Waals surface area contributed by atoms with Crippen molar-refractivity contribution < 1.29 is 24.2 Å². The average Bonchev–Trinajstić information content (AvgIpc) is 3.39. The van der Waals surface area contributed by atoms with Crippen molar-refractivity contribution in [1.82, 2.24) is 15.5 Å². The van der Waals surface area contributed by atoms with Crippen LogP contribution < -0.4 is 10.6 Å². The Balaban J connectivity index is 1.76. The van der Waals surface area contributed by atoms with Gasteiger partial charge in [0, 0.05) is 17.4 Å². The molecule has 3 fully saturated rings. The third-order valence-electron chi connectivity index (χ3n) is 7.88. The van der Waals surface area contributed by atoms with Crippen molar-refractivity contribution in [1.29, 1.82) is 0 Å². The highest BCUT2D eigenvalue weighted by Crippen LogP contribution is 2.60. The van der Waals surface area contributed by atoms with Crippen molar-refractivity contribution in [3.63, 3.8) is 0 Å². The molecule has 1 spiro atoms. The fourth-order valence-corrected chi connectivity index (χ4v) is 8.08. The van der Waals surface area contributed by atoms with Gasteiger partial charge in [-0.25, -0.2) is 0 Å². The van der Waals surface area contributed by atoms with Crippen molar-refractivity contribution in [3.05, 3.63) is 35.9 Å². The predicted octanol–water partition coefficient (Wildman–Crippen LogP) is 2.42. The minimum Gasteiger partial charge on any atom is -0.394 e. The maximum atomic E-state index is 14.2. The summed E-state index contributed by atoms with van der Waals surface area (Å²) in [4.78, 5) is 42.7. The normalized spacial score (nSPS) is 31.8. The summed E-state index contributed by atoms with van der Waals surface area (Å²) in [6, 6.07) is 7.99. The molecule has 0 aliphatic carbocycles. The standard InChI is InChI=1S/C28H40BrN3O5/c1-26(2,3)15-27(4,5)31-24(35)22-28-13-18(29)21(37-28)19(23(34)30-6)20(28)25(36)32(22)17(14-33)12-16-10-8-7-9-11-16/h7-11,17-22,33H,12-15H2,1-6H3,(H,30,34)(H,31,35)/t17-,18?,19+,20+,21+,22?,28?/m1/s1. The summed E-state index contributed by atoms with van der Waals surface area (Å²) in [6.45, 7) is 10.0. The van der Waals surface area contributed by atoms with Crippen LogP contribution in [0.15, 0.2) is 30.3 Å². The van der Waals surface area contributed by atoms with Crippen molar-refractivity contribution in [2.45, 2.75) is 88.0 Å². The summed E-state index contributed by atoms with van der Waals surface area (Å²) >= 11 is 3.67. The van der Waals surface area contributed by atoms with Crippen molar-refractivity contribution in [2.75, 3.05) is 13.7 Å². The highest BCUT2D eigenvalue weighted by molar-refractivity contribution is 9.09. The molecular weight excluding hydrogens is 538 g/mol. The number of likely N-dealkylation sites (tertiary alicyclic amines) is 1. The maximum Gasteiger partial charge on any atom is 0.246 e. The molecule has 8 nitrogen and oxygen atoms in total. The number of aliphatic hydroxyl groups is 1. The van der Waals surface area contributed by atoms with Crippen molar-refractivity contribution in [3.8, 4) is 0 Å². The van der Waals surface area contributed by atoms with E-state index in [1.54, 1.807) is 7.05 Å². The molecule has 9 heteroatoms. The number of fused-ring (bicyclic) bond motifs is 1. The molecule has 0 aromatic heterocycles. The van der Waals surface area contributed by atoms with Crippen LogP contribution in [0.3, 0.4) is 0 Å². The van der Waals surface area contributed by atoms with Gasteiger partial charge in [0.2, 0.25) is 17.7 Å². The number of carbonyl (C=O) groups excluding carboxylic acids is 3. The van der Waals surface area contributed by atoms with E-state index < -0.39 is 41.2 Å². The third kappa shape index (κ3) is 5.06. The number of aliphatic hydroxyl groups excluding tert-OH is 1. The van der Waals surface area contributed by atoms with E-state index >= 15 is 0 Å². The Morgan fingerprint density at radius 2 is 1.84 bits per heavy atom. The number of halogens is 1. The van der Waals surface area contributed by atoms with E-state index in [9.17, 15) is 19.5 Å². The number of rotatable bonds is 8. The quantitative estimate of drug-likeness (QED) is 0.411. The molecule has 3 heterocycles. The first-order valence-corrected chi connectivity index (χ1v) is 14.0. The van der Waals surface area contributed by atoms with E-state index in [0.717, 1.165) is 12.0 Å². The molecule has 1 aromatic carbocycles. The first-order chi connectivity index (χ1) is 17.2. The number of benzene rings is 1.